The Hall–Kier alpha value is -4.92. The largest absolute Gasteiger partial charge is 0.508 e. The lowest BCUT2D eigenvalue weighted by Gasteiger charge is -2.17. The van der Waals surface area contributed by atoms with Gasteiger partial charge in [0.25, 0.3) is 5.91 Å². The van der Waals surface area contributed by atoms with Gasteiger partial charge >= 0.3 is 5.97 Å². The van der Waals surface area contributed by atoms with Crippen LogP contribution in [0.3, 0.4) is 0 Å². The van der Waals surface area contributed by atoms with Gasteiger partial charge in [0.15, 0.2) is 5.43 Å². The third-order valence-electron chi connectivity index (χ3n) is 5.57. The number of benzene rings is 3. The number of hydrogen-bond donors (Lipinski definition) is 4. The number of carboxylic acid groups (broad SMARTS) is 1. The van der Waals surface area contributed by atoms with Gasteiger partial charge in [-0.05, 0) is 55.6 Å². The van der Waals surface area contributed by atoms with Crippen LogP contribution in [0.5, 0.6) is 5.75 Å². The van der Waals surface area contributed by atoms with E-state index in [9.17, 15) is 24.6 Å². The number of rotatable bonds is 8. The minimum atomic E-state index is -1.22. The predicted octanol–water partition coefficient (Wildman–Crippen LogP) is 4.88. The number of carboxylic acids is 1. The number of amides is 1. The maximum Gasteiger partial charge on any atom is 0.336 e. The molecule has 196 valence electrons. The first-order valence-electron chi connectivity index (χ1n) is 12.0. The topological polar surface area (TPSA) is 141 Å². The number of nitrogens with one attached hydrogen (secondary N) is 2. The molecular weight excluding hydrogens is 486 g/mol. The van der Waals surface area contributed by atoms with Crippen molar-refractivity contribution in [1.82, 2.24) is 10.6 Å². The van der Waals surface area contributed by atoms with E-state index in [1.54, 1.807) is 37.4 Å². The van der Waals surface area contributed by atoms with Crippen LogP contribution in [-0.4, -0.2) is 41.9 Å². The molecule has 9 heteroatoms. The first-order chi connectivity index (χ1) is 18.3. The summed E-state index contributed by atoms with van der Waals surface area (Å²) < 4.78 is 5.83. The lowest BCUT2D eigenvalue weighted by molar-refractivity contribution is 0.0697. The lowest BCUT2D eigenvalue weighted by Crippen LogP contribution is -2.30. The number of nitrogens with zero attached hydrogens (tertiary/aromatic N) is 1. The van der Waals surface area contributed by atoms with Crippen LogP contribution >= 0.6 is 0 Å². The highest BCUT2D eigenvalue weighted by Gasteiger charge is 2.23. The third kappa shape index (κ3) is 6.07. The molecule has 0 fully saturated rings. The molecule has 4 N–H and O–H groups in total. The molecule has 1 aliphatic carbocycles. The molecule has 0 saturated heterocycles. The van der Waals surface area contributed by atoms with Crippen LogP contribution in [0.15, 0.2) is 80.7 Å². The van der Waals surface area contributed by atoms with Crippen LogP contribution in [0, 0.1) is 0 Å². The van der Waals surface area contributed by atoms with E-state index in [-0.39, 0.29) is 33.6 Å². The summed E-state index contributed by atoms with van der Waals surface area (Å²) in [5, 5.41) is 26.2. The van der Waals surface area contributed by atoms with E-state index in [1.165, 1.54) is 30.3 Å². The minimum absolute atomic E-state index is 0.0406. The second-order valence-electron chi connectivity index (χ2n) is 8.03. The Morgan fingerprint density at radius 1 is 1.03 bits per heavy atom. The number of carbonyl (C=O) groups excluding carboxylic acids is 1. The fraction of sp³-hybridized carbons (Fsp3) is 0.172. The van der Waals surface area contributed by atoms with Crippen molar-refractivity contribution in [3.8, 4) is 28.2 Å². The van der Waals surface area contributed by atoms with E-state index >= 15 is 0 Å². The number of aromatic carboxylic acids is 1. The number of aromatic hydroxyl groups is 1. The van der Waals surface area contributed by atoms with Gasteiger partial charge in [0.1, 0.15) is 17.1 Å². The molecule has 2 aromatic carbocycles. The molecule has 4 rings (SSSR count). The number of phenols is 1. The summed E-state index contributed by atoms with van der Waals surface area (Å²) >= 11 is 0. The summed E-state index contributed by atoms with van der Waals surface area (Å²) in [5.74, 6) is -1.44. The van der Waals surface area contributed by atoms with Crippen molar-refractivity contribution in [3.05, 3.63) is 87.8 Å². The van der Waals surface area contributed by atoms with Crippen LogP contribution in [0.2, 0.25) is 0 Å². The van der Waals surface area contributed by atoms with Crippen LogP contribution in [0.4, 0.5) is 0 Å². The number of allylic oxidation sites excluding steroid dienone is 1. The summed E-state index contributed by atoms with van der Waals surface area (Å²) in [4.78, 5) is 40.6. The normalized spacial score (nSPS) is 11.0. The third-order valence-corrected chi connectivity index (χ3v) is 5.57. The number of hydrogen-bond acceptors (Lipinski definition) is 7. The van der Waals surface area contributed by atoms with E-state index in [0.717, 1.165) is 0 Å². The molecule has 1 aliphatic heterocycles. The van der Waals surface area contributed by atoms with Crippen LogP contribution in [-0.2, 0) is 0 Å². The van der Waals surface area contributed by atoms with Gasteiger partial charge in [-0.25, -0.2) is 4.79 Å². The van der Waals surface area contributed by atoms with Gasteiger partial charge in [-0.3, -0.25) is 14.6 Å². The average Bonchev–Trinajstić information content (AvgIpc) is 2.91. The van der Waals surface area contributed by atoms with Gasteiger partial charge in [-0.1, -0.05) is 19.9 Å². The fourth-order valence-corrected chi connectivity index (χ4v) is 3.85. The zero-order valence-electron chi connectivity index (χ0n) is 21.4. The molecule has 38 heavy (non-hydrogen) atoms. The number of carbonyl (C=O) groups is 2. The molecule has 0 radical (unpaired) electrons. The molecule has 9 nitrogen and oxygen atoms in total. The van der Waals surface area contributed by atoms with Crippen molar-refractivity contribution in [2.24, 2.45) is 4.99 Å². The lowest BCUT2D eigenvalue weighted by atomic mass is 9.90. The molecular formula is C29H29N3O6. The highest BCUT2D eigenvalue weighted by atomic mass is 16.4. The fourth-order valence-electron chi connectivity index (χ4n) is 3.85. The maximum atomic E-state index is 12.7. The Morgan fingerprint density at radius 3 is 2.47 bits per heavy atom. The van der Waals surface area contributed by atoms with Gasteiger partial charge in [-0.2, -0.15) is 0 Å². The summed E-state index contributed by atoms with van der Waals surface area (Å²) in [6.07, 6.45) is 1.67. The summed E-state index contributed by atoms with van der Waals surface area (Å²) in [7, 11) is 0. The molecule has 1 heterocycles. The number of phenolic OH excluding ortho intramolecular Hbond substituents is 1. The molecule has 0 aromatic heterocycles. The predicted molar refractivity (Wildman–Crippen MR) is 148 cm³/mol. The maximum absolute atomic E-state index is 12.7. The van der Waals surface area contributed by atoms with Gasteiger partial charge in [0.05, 0.1) is 11.3 Å². The van der Waals surface area contributed by atoms with Gasteiger partial charge in [-0.15, -0.1) is 0 Å². The molecule has 2 aromatic rings. The molecule has 1 amide bonds. The quantitative estimate of drug-likeness (QED) is 0.149. The molecule has 2 aliphatic rings. The number of aliphatic imine (C=N–C) groups is 1. The second kappa shape index (κ2) is 12.4. The summed E-state index contributed by atoms with van der Waals surface area (Å²) in [6, 6.07) is 13.1. The Labute approximate surface area is 219 Å². The van der Waals surface area contributed by atoms with Crippen molar-refractivity contribution >= 4 is 29.6 Å². The number of fused-ring (bicyclic) bond motifs is 2. The molecule has 0 bridgehead atoms. The zero-order chi connectivity index (χ0) is 27.8. The van der Waals surface area contributed by atoms with E-state index in [2.05, 4.69) is 22.3 Å². The second-order valence-corrected chi connectivity index (χ2v) is 8.03. The van der Waals surface area contributed by atoms with Crippen LogP contribution < -0.4 is 16.1 Å². The van der Waals surface area contributed by atoms with Gasteiger partial charge in [0, 0.05) is 53.5 Å². The molecule has 0 unspecified atom stereocenters. The van der Waals surface area contributed by atoms with Crippen molar-refractivity contribution in [3.63, 3.8) is 0 Å². The SMILES string of the molecule is C=N/C(C)=C\NCCNC(=O)c1ccc(-c2c3ccc(=O)cc-3oc3cc(O)ccc23)c(C(=O)O)c1.CC. The first kappa shape index (κ1) is 27.7. The standard InChI is InChI=1S/C27H23N3O6.C2H6/c1-15(28-2)14-29-9-10-30-26(33)16-3-6-19(22(11-16)27(34)35)25-20-7-4-17(31)12-23(20)36-24-13-18(32)5-8-21(24)25;1-2/h3-8,11-14,29,31H,2,9-10H2,1H3,(H,30,33)(H,34,35);1-2H3/b15-14-;. The summed E-state index contributed by atoms with van der Waals surface area (Å²) in [6.45, 7) is 9.95. The monoisotopic (exact) mass is 515 g/mol. The zero-order valence-corrected chi connectivity index (χ0v) is 21.4. The molecule has 0 atom stereocenters. The Kier molecular flexibility index (Phi) is 8.99. The highest BCUT2D eigenvalue weighted by molar-refractivity contribution is 6.09. The summed E-state index contributed by atoms with van der Waals surface area (Å²) in [5.41, 5.74) is 2.18. The van der Waals surface area contributed by atoms with E-state index in [4.69, 9.17) is 4.42 Å². The Bertz CT molecular complexity index is 1550. The first-order valence-corrected chi connectivity index (χ1v) is 12.0. The van der Waals surface area contributed by atoms with Crippen LogP contribution in [0.1, 0.15) is 41.5 Å². The van der Waals surface area contributed by atoms with E-state index < -0.39 is 11.9 Å². The van der Waals surface area contributed by atoms with Gasteiger partial charge in [0.2, 0.25) is 0 Å². The Balaban J connectivity index is 0.00000195. The molecule has 0 spiro atoms. The van der Waals surface area contributed by atoms with Crippen molar-refractivity contribution in [2.45, 2.75) is 20.8 Å². The van der Waals surface area contributed by atoms with Gasteiger partial charge < -0.3 is 25.3 Å². The smallest absolute Gasteiger partial charge is 0.336 e. The highest BCUT2D eigenvalue weighted by Crippen LogP contribution is 2.42. The van der Waals surface area contributed by atoms with Crippen molar-refractivity contribution in [1.29, 1.82) is 0 Å². The Morgan fingerprint density at radius 2 is 1.76 bits per heavy atom. The van der Waals surface area contributed by atoms with Crippen LogP contribution in [0.25, 0.3) is 33.4 Å². The van der Waals surface area contributed by atoms with E-state index in [1.807, 2.05) is 13.8 Å². The van der Waals surface area contributed by atoms with E-state index in [0.29, 0.717) is 40.9 Å². The average molecular weight is 516 g/mol. The van der Waals surface area contributed by atoms with Crippen molar-refractivity contribution in [2.75, 3.05) is 13.1 Å². The minimum Gasteiger partial charge on any atom is -0.508 e. The molecule has 0 saturated carbocycles. The van der Waals surface area contributed by atoms with Crippen molar-refractivity contribution < 1.29 is 24.2 Å².